The Morgan fingerprint density at radius 2 is 2.50 bits per heavy atom. The lowest BCUT2D eigenvalue weighted by Gasteiger charge is -2.10. The highest BCUT2D eigenvalue weighted by atomic mass is 16.5. The van der Waals surface area contributed by atoms with Crippen molar-refractivity contribution in [3.63, 3.8) is 0 Å². The molecule has 5 heteroatoms. The number of ether oxygens (including phenoxy) is 2. The molecule has 0 aromatic carbocycles. The van der Waals surface area contributed by atoms with E-state index >= 15 is 0 Å². The van der Waals surface area contributed by atoms with Crippen LogP contribution in [-0.2, 0) is 14.3 Å². The molecule has 0 bridgehead atoms. The first-order valence-electron chi connectivity index (χ1n) is 4.84. The predicted molar refractivity (Wildman–Crippen MR) is 50.0 cm³/mol. The predicted octanol–water partition coefficient (Wildman–Crippen LogP) is -0.159. The van der Waals surface area contributed by atoms with Gasteiger partial charge in [-0.3, -0.25) is 4.79 Å². The van der Waals surface area contributed by atoms with Crippen molar-refractivity contribution < 1.29 is 19.4 Å². The summed E-state index contributed by atoms with van der Waals surface area (Å²) < 4.78 is 10.5. The first-order valence-corrected chi connectivity index (χ1v) is 4.84. The second-order valence-electron chi connectivity index (χ2n) is 3.54. The summed E-state index contributed by atoms with van der Waals surface area (Å²) in [5, 5.41) is 8.49. The molecule has 3 N–H and O–H groups in total. The van der Waals surface area contributed by atoms with Gasteiger partial charge in [0.25, 0.3) is 0 Å². The second kappa shape index (κ2) is 5.95. The van der Waals surface area contributed by atoms with Crippen LogP contribution in [0.2, 0.25) is 0 Å². The van der Waals surface area contributed by atoms with Gasteiger partial charge in [-0.1, -0.05) is 0 Å². The minimum Gasteiger partial charge on any atom is -0.480 e. The van der Waals surface area contributed by atoms with Gasteiger partial charge < -0.3 is 20.3 Å². The van der Waals surface area contributed by atoms with E-state index in [1.54, 1.807) is 0 Å². The summed E-state index contributed by atoms with van der Waals surface area (Å²) in [6, 6.07) is -0.810. The average molecular weight is 203 g/mol. The van der Waals surface area contributed by atoms with E-state index in [9.17, 15) is 4.79 Å². The van der Waals surface area contributed by atoms with E-state index in [4.69, 9.17) is 20.3 Å². The van der Waals surface area contributed by atoms with Crippen LogP contribution in [-0.4, -0.2) is 43.5 Å². The smallest absolute Gasteiger partial charge is 0.320 e. The highest BCUT2D eigenvalue weighted by Crippen LogP contribution is 2.12. The van der Waals surface area contributed by atoms with Crippen LogP contribution in [0.5, 0.6) is 0 Å². The van der Waals surface area contributed by atoms with Crippen molar-refractivity contribution in [2.75, 3.05) is 26.4 Å². The summed E-state index contributed by atoms with van der Waals surface area (Å²) in [6.07, 6.45) is 1.40. The Kier molecular flexibility index (Phi) is 4.86. The van der Waals surface area contributed by atoms with Crippen molar-refractivity contribution in [2.45, 2.75) is 18.9 Å². The lowest BCUT2D eigenvalue weighted by molar-refractivity contribution is -0.139. The number of carboxylic acids is 1. The number of hydrogen-bond acceptors (Lipinski definition) is 4. The standard InChI is InChI=1S/C9H17NO4/c10-8(9(11)12)2-4-14-6-7-1-3-13-5-7/h7-8H,1-6,10H2,(H,11,12). The topological polar surface area (TPSA) is 81.8 Å². The summed E-state index contributed by atoms with van der Waals surface area (Å²) in [5.74, 6) is -0.506. The van der Waals surface area contributed by atoms with E-state index in [-0.39, 0.29) is 0 Å². The zero-order valence-electron chi connectivity index (χ0n) is 8.15. The molecule has 82 valence electrons. The lowest BCUT2D eigenvalue weighted by Crippen LogP contribution is -2.31. The van der Waals surface area contributed by atoms with Gasteiger partial charge in [0.15, 0.2) is 0 Å². The van der Waals surface area contributed by atoms with Crippen molar-refractivity contribution in [2.24, 2.45) is 11.7 Å². The third-order valence-electron chi connectivity index (χ3n) is 2.27. The number of carbonyl (C=O) groups is 1. The van der Waals surface area contributed by atoms with Crippen LogP contribution in [0.1, 0.15) is 12.8 Å². The summed E-state index contributed by atoms with van der Waals surface area (Å²) in [4.78, 5) is 10.3. The molecular weight excluding hydrogens is 186 g/mol. The normalized spacial score (nSPS) is 23.6. The minimum atomic E-state index is -0.974. The molecule has 5 nitrogen and oxygen atoms in total. The van der Waals surface area contributed by atoms with E-state index in [1.807, 2.05) is 0 Å². The van der Waals surface area contributed by atoms with Crippen molar-refractivity contribution in [1.29, 1.82) is 0 Å². The molecule has 1 heterocycles. The summed E-state index contributed by atoms with van der Waals surface area (Å²) in [6.45, 7) is 2.62. The Labute approximate surface area is 83.2 Å². The monoisotopic (exact) mass is 203 g/mol. The molecule has 1 fully saturated rings. The summed E-state index contributed by atoms with van der Waals surface area (Å²) >= 11 is 0. The zero-order valence-corrected chi connectivity index (χ0v) is 8.15. The van der Waals surface area contributed by atoms with Crippen LogP contribution in [0, 0.1) is 5.92 Å². The van der Waals surface area contributed by atoms with Gasteiger partial charge in [0.05, 0.1) is 13.2 Å². The summed E-state index contributed by atoms with van der Waals surface area (Å²) in [5.41, 5.74) is 5.31. The van der Waals surface area contributed by atoms with Crippen molar-refractivity contribution >= 4 is 5.97 Å². The van der Waals surface area contributed by atoms with E-state index in [2.05, 4.69) is 0 Å². The van der Waals surface area contributed by atoms with Crippen LogP contribution in [0.4, 0.5) is 0 Å². The fourth-order valence-corrected chi connectivity index (χ4v) is 1.30. The quantitative estimate of drug-likeness (QED) is 0.586. The van der Waals surface area contributed by atoms with Crippen LogP contribution in [0.15, 0.2) is 0 Å². The maximum atomic E-state index is 10.3. The third-order valence-corrected chi connectivity index (χ3v) is 2.27. The Bertz CT molecular complexity index is 180. The molecule has 0 aromatic heterocycles. The Morgan fingerprint density at radius 1 is 1.71 bits per heavy atom. The van der Waals surface area contributed by atoms with Gasteiger partial charge in [0, 0.05) is 19.1 Å². The molecule has 0 amide bonds. The van der Waals surface area contributed by atoms with Gasteiger partial charge in [-0.25, -0.2) is 0 Å². The van der Waals surface area contributed by atoms with Gasteiger partial charge in [0.1, 0.15) is 6.04 Å². The maximum Gasteiger partial charge on any atom is 0.320 e. The van der Waals surface area contributed by atoms with Crippen molar-refractivity contribution in [3.8, 4) is 0 Å². The largest absolute Gasteiger partial charge is 0.480 e. The van der Waals surface area contributed by atoms with Crippen LogP contribution in [0.3, 0.4) is 0 Å². The Morgan fingerprint density at radius 3 is 3.07 bits per heavy atom. The Hall–Kier alpha value is -0.650. The van der Waals surface area contributed by atoms with Gasteiger partial charge in [0.2, 0.25) is 0 Å². The lowest BCUT2D eigenvalue weighted by atomic mass is 10.1. The zero-order chi connectivity index (χ0) is 10.4. The van der Waals surface area contributed by atoms with Gasteiger partial charge >= 0.3 is 5.97 Å². The molecule has 0 aromatic rings. The van der Waals surface area contributed by atoms with Crippen LogP contribution < -0.4 is 5.73 Å². The molecule has 1 saturated heterocycles. The fourth-order valence-electron chi connectivity index (χ4n) is 1.30. The molecule has 1 aliphatic heterocycles. The van der Waals surface area contributed by atoms with E-state index in [0.29, 0.717) is 25.6 Å². The molecule has 14 heavy (non-hydrogen) atoms. The SMILES string of the molecule is NC(CCOCC1CCOC1)C(=O)O. The third kappa shape index (κ3) is 4.04. The molecule has 0 spiro atoms. The number of hydrogen-bond donors (Lipinski definition) is 2. The highest BCUT2D eigenvalue weighted by molar-refractivity contribution is 5.72. The first-order chi connectivity index (χ1) is 6.70. The molecule has 2 unspecified atom stereocenters. The molecule has 2 atom stereocenters. The van der Waals surface area contributed by atoms with Crippen molar-refractivity contribution in [3.05, 3.63) is 0 Å². The van der Waals surface area contributed by atoms with E-state index < -0.39 is 12.0 Å². The molecule has 0 saturated carbocycles. The first kappa shape index (κ1) is 11.4. The van der Waals surface area contributed by atoms with Gasteiger partial charge in [-0.2, -0.15) is 0 Å². The fraction of sp³-hybridized carbons (Fsp3) is 0.889. The van der Waals surface area contributed by atoms with Gasteiger partial charge in [-0.15, -0.1) is 0 Å². The molecular formula is C9H17NO4. The van der Waals surface area contributed by atoms with E-state index in [1.165, 1.54) is 0 Å². The maximum absolute atomic E-state index is 10.3. The van der Waals surface area contributed by atoms with Crippen molar-refractivity contribution in [1.82, 2.24) is 0 Å². The molecule has 0 aliphatic carbocycles. The average Bonchev–Trinajstić information content (AvgIpc) is 2.64. The number of rotatable bonds is 6. The number of aliphatic carboxylic acids is 1. The summed E-state index contributed by atoms with van der Waals surface area (Å²) in [7, 11) is 0. The van der Waals surface area contributed by atoms with Crippen LogP contribution >= 0.6 is 0 Å². The number of nitrogens with two attached hydrogens (primary N) is 1. The second-order valence-corrected chi connectivity index (χ2v) is 3.54. The molecule has 0 radical (unpaired) electrons. The molecule has 1 rings (SSSR count). The number of carboxylic acid groups (broad SMARTS) is 1. The molecule has 1 aliphatic rings. The van der Waals surface area contributed by atoms with Gasteiger partial charge in [-0.05, 0) is 12.8 Å². The van der Waals surface area contributed by atoms with E-state index in [0.717, 1.165) is 19.6 Å². The Balaban J connectivity index is 1.95. The minimum absolute atomic E-state index is 0.364. The van der Waals surface area contributed by atoms with Crippen LogP contribution in [0.25, 0.3) is 0 Å². The highest BCUT2D eigenvalue weighted by Gasteiger charge is 2.16.